The molecular formula is C21H25N5O2. The highest BCUT2D eigenvalue weighted by atomic mass is 16.3. The minimum atomic E-state index is 0.0573. The predicted octanol–water partition coefficient (Wildman–Crippen LogP) is 2.78. The number of furan rings is 1. The Balaban J connectivity index is 1.38. The zero-order chi connectivity index (χ0) is 19.3. The number of piperazine rings is 1. The number of carbonyl (C=O) groups is 1. The average Bonchev–Trinajstić information content (AvgIpc) is 3.26. The number of hydrogen-bond donors (Lipinski definition) is 0. The molecule has 7 nitrogen and oxygen atoms in total. The summed E-state index contributed by atoms with van der Waals surface area (Å²) in [4.78, 5) is 21.8. The highest BCUT2D eigenvalue weighted by Gasteiger charge is 2.28. The van der Waals surface area contributed by atoms with Gasteiger partial charge >= 0.3 is 0 Å². The first-order valence-corrected chi connectivity index (χ1v) is 10.1. The number of carbonyl (C=O) groups excluding carboxylic acids is 1. The summed E-state index contributed by atoms with van der Waals surface area (Å²) in [6, 6.07) is 1.84. The van der Waals surface area contributed by atoms with Crippen LogP contribution in [0.2, 0.25) is 0 Å². The van der Waals surface area contributed by atoms with Gasteiger partial charge in [-0.2, -0.15) is 5.10 Å². The number of aromatic nitrogens is 3. The Morgan fingerprint density at radius 2 is 1.89 bits per heavy atom. The number of rotatable bonds is 2. The van der Waals surface area contributed by atoms with Crippen LogP contribution >= 0.6 is 0 Å². The summed E-state index contributed by atoms with van der Waals surface area (Å²) in [6.45, 7) is 6.63. The van der Waals surface area contributed by atoms with Gasteiger partial charge in [0.1, 0.15) is 17.0 Å². The second kappa shape index (κ2) is 6.65. The highest BCUT2D eigenvalue weighted by molar-refractivity contribution is 5.95. The zero-order valence-corrected chi connectivity index (χ0v) is 16.4. The van der Waals surface area contributed by atoms with Crippen LogP contribution in [0.3, 0.4) is 0 Å². The summed E-state index contributed by atoms with van der Waals surface area (Å²) < 4.78 is 7.52. The number of nitrogens with zero attached hydrogens (tertiary/aromatic N) is 5. The molecule has 0 N–H and O–H groups in total. The fourth-order valence-corrected chi connectivity index (χ4v) is 4.51. The van der Waals surface area contributed by atoms with Gasteiger partial charge in [0, 0.05) is 44.1 Å². The molecule has 2 aliphatic rings. The molecule has 1 amide bonds. The molecule has 1 fully saturated rings. The predicted molar refractivity (Wildman–Crippen MR) is 106 cm³/mol. The molecule has 0 unspecified atom stereocenters. The van der Waals surface area contributed by atoms with Crippen molar-refractivity contribution in [3.05, 3.63) is 46.8 Å². The van der Waals surface area contributed by atoms with Crippen molar-refractivity contribution in [2.45, 2.75) is 39.5 Å². The normalized spacial score (nSPS) is 17.2. The summed E-state index contributed by atoms with van der Waals surface area (Å²) in [7, 11) is 0. The molecular weight excluding hydrogens is 354 g/mol. The lowest BCUT2D eigenvalue weighted by Crippen LogP contribution is -2.49. The second-order valence-corrected chi connectivity index (χ2v) is 7.78. The molecule has 28 heavy (non-hydrogen) atoms. The van der Waals surface area contributed by atoms with E-state index >= 15 is 0 Å². The fourth-order valence-electron chi connectivity index (χ4n) is 4.51. The van der Waals surface area contributed by atoms with Crippen LogP contribution < -0.4 is 4.90 Å². The van der Waals surface area contributed by atoms with E-state index in [2.05, 4.69) is 4.90 Å². The number of fused-ring (bicyclic) bond motifs is 3. The quantitative estimate of drug-likeness (QED) is 0.685. The van der Waals surface area contributed by atoms with Crippen LogP contribution in [0.1, 0.15) is 46.0 Å². The number of amides is 1. The van der Waals surface area contributed by atoms with Gasteiger partial charge in [-0.25, -0.2) is 9.50 Å². The maximum absolute atomic E-state index is 12.9. The average molecular weight is 379 g/mol. The van der Waals surface area contributed by atoms with E-state index in [1.807, 2.05) is 41.7 Å². The summed E-state index contributed by atoms with van der Waals surface area (Å²) in [6.07, 6.45) is 8.34. The van der Waals surface area contributed by atoms with Crippen LogP contribution in [0.25, 0.3) is 5.52 Å². The number of aryl methyl sites for hydroxylation is 4. The van der Waals surface area contributed by atoms with Crippen molar-refractivity contribution in [3.63, 3.8) is 0 Å². The lowest BCUT2D eigenvalue weighted by Gasteiger charge is -2.35. The smallest absolute Gasteiger partial charge is 0.257 e. The Bertz CT molecular complexity index is 1040. The van der Waals surface area contributed by atoms with Crippen molar-refractivity contribution < 1.29 is 9.21 Å². The minimum Gasteiger partial charge on any atom is -0.466 e. The third-order valence-corrected chi connectivity index (χ3v) is 5.94. The van der Waals surface area contributed by atoms with Crippen LogP contribution in [-0.4, -0.2) is 51.6 Å². The second-order valence-electron chi connectivity index (χ2n) is 7.78. The Hall–Kier alpha value is -2.83. The highest BCUT2D eigenvalue weighted by Crippen LogP contribution is 2.30. The van der Waals surface area contributed by atoms with Crippen LogP contribution in [0.4, 0.5) is 5.82 Å². The van der Waals surface area contributed by atoms with E-state index in [-0.39, 0.29) is 5.91 Å². The Kier molecular flexibility index (Phi) is 4.10. The van der Waals surface area contributed by atoms with Crippen LogP contribution in [-0.2, 0) is 12.8 Å². The fraction of sp³-hybridized carbons (Fsp3) is 0.476. The Morgan fingerprint density at radius 1 is 1.11 bits per heavy atom. The van der Waals surface area contributed by atoms with Crippen molar-refractivity contribution in [1.82, 2.24) is 19.5 Å². The maximum atomic E-state index is 12.9. The number of anilines is 1. The molecule has 5 rings (SSSR count). The van der Waals surface area contributed by atoms with Gasteiger partial charge in [0.05, 0.1) is 11.3 Å². The molecule has 0 spiro atoms. The summed E-state index contributed by atoms with van der Waals surface area (Å²) in [5, 5.41) is 4.78. The monoisotopic (exact) mass is 379 g/mol. The molecule has 146 valence electrons. The van der Waals surface area contributed by atoms with E-state index in [0.29, 0.717) is 24.4 Å². The Labute approximate surface area is 163 Å². The summed E-state index contributed by atoms with van der Waals surface area (Å²) >= 11 is 0. The van der Waals surface area contributed by atoms with Gasteiger partial charge in [-0.05, 0) is 45.6 Å². The first kappa shape index (κ1) is 17.3. The molecule has 0 radical (unpaired) electrons. The molecule has 0 aromatic carbocycles. The molecule has 1 aliphatic heterocycles. The molecule has 3 aromatic rings. The molecule has 4 heterocycles. The lowest BCUT2D eigenvalue weighted by molar-refractivity contribution is 0.0745. The first-order valence-electron chi connectivity index (χ1n) is 10.1. The molecule has 3 aromatic heterocycles. The summed E-state index contributed by atoms with van der Waals surface area (Å²) in [5.41, 5.74) is 4.41. The van der Waals surface area contributed by atoms with Crippen molar-refractivity contribution in [2.75, 3.05) is 31.1 Å². The third-order valence-electron chi connectivity index (χ3n) is 5.94. The molecule has 0 atom stereocenters. The molecule has 1 saturated heterocycles. The van der Waals surface area contributed by atoms with Gasteiger partial charge in [-0.15, -0.1) is 0 Å². The van der Waals surface area contributed by atoms with Crippen LogP contribution in [0, 0.1) is 13.8 Å². The van der Waals surface area contributed by atoms with Crippen molar-refractivity contribution in [2.24, 2.45) is 0 Å². The van der Waals surface area contributed by atoms with Crippen molar-refractivity contribution in [1.29, 1.82) is 0 Å². The van der Waals surface area contributed by atoms with E-state index in [0.717, 1.165) is 43.0 Å². The third kappa shape index (κ3) is 2.77. The number of hydrogen-bond acceptors (Lipinski definition) is 5. The van der Waals surface area contributed by atoms with Crippen molar-refractivity contribution in [3.8, 4) is 0 Å². The molecule has 7 heteroatoms. The van der Waals surface area contributed by atoms with Crippen molar-refractivity contribution >= 4 is 17.2 Å². The SMILES string of the molecule is Cc1cc(C(=O)N2CCN(c3nccn4nc5c(c34)CCCC5)CC2)c(C)o1. The van der Waals surface area contributed by atoms with Gasteiger partial charge < -0.3 is 14.2 Å². The standard InChI is InChI=1S/C21H25N5O2/c1-14-13-17(15(2)28-14)21(27)25-11-9-24(10-12-25)20-19-16-5-3-4-6-18(16)23-26(19)8-7-22-20/h7-8,13H,3-6,9-12H2,1-2H3. The largest absolute Gasteiger partial charge is 0.466 e. The van der Waals surface area contributed by atoms with E-state index in [1.54, 1.807) is 0 Å². The molecule has 0 saturated carbocycles. The lowest BCUT2D eigenvalue weighted by atomic mass is 9.97. The van der Waals surface area contributed by atoms with Crippen LogP contribution in [0.15, 0.2) is 22.9 Å². The zero-order valence-electron chi connectivity index (χ0n) is 16.4. The molecule has 1 aliphatic carbocycles. The van der Waals surface area contributed by atoms with Gasteiger partial charge in [-0.3, -0.25) is 4.79 Å². The van der Waals surface area contributed by atoms with Gasteiger partial charge in [0.25, 0.3) is 5.91 Å². The van der Waals surface area contributed by atoms with E-state index in [9.17, 15) is 4.79 Å². The van der Waals surface area contributed by atoms with E-state index in [4.69, 9.17) is 14.5 Å². The van der Waals surface area contributed by atoms with Gasteiger partial charge in [0.15, 0.2) is 5.82 Å². The topological polar surface area (TPSA) is 66.9 Å². The minimum absolute atomic E-state index is 0.0573. The first-order chi connectivity index (χ1) is 13.6. The van der Waals surface area contributed by atoms with Gasteiger partial charge in [0.2, 0.25) is 0 Å². The van der Waals surface area contributed by atoms with E-state index < -0.39 is 0 Å². The van der Waals surface area contributed by atoms with Crippen LogP contribution in [0.5, 0.6) is 0 Å². The Morgan fingerprint density at radius 3 is 2.64 bits per heavy atom. The maximum Gasteiger partial charge on any atom is 0.257 e. The molecule has 0 bridgehead atoms. The van der Waals surface area contributed by atoms with Gasteiger partial charge in [-0.1, -0.05) is 0 Å². The summed E-state index contributed by atoms with van der Waals surface area (Å²) in [5.74, 6) is 2.53. The van der Waals surface area contributed by atoms with E-state index in [1.165, 1.54) is 24.1 Å².